The first-order valence-corrected chi connectivity index (χ1v) is 9.50. The highest BCUT2D eigenvalue weighted by Crippen LogP contribution is 2.35. The molecule has 1 aromatic carbocycles. The van der Waals surface area contributed by atoms with E-state index in [4.69, 9.17) is 0 Å². The van der Waals surface area contributed by atoms with Crippen LogP contribution in [0.25, 0.3) is 11.0 Å². The highest BCUT2D eigenvalue weighted by molar-refractivity contribution is 7.09. The third-order valence-corrected chi connectivity index (χ3v) is 5.85. The van der Waals surface area contributed by atoms with E-state index in [0.29, 0.717) is 30.9 Å². The standard InChI is InChI=1S/C18H17F3N4OS/c19-18(20,21)15-10-27-17(23-15)12-5-7-24(8-6-12)16(26)9-25-11-22-13-3-1-2-4-14(13)25/h1-4,10-12H,5-9H2. The minimum Gasteiger partial charge on any atom is -0.341 e. The number of piperidine rings is 1. The summed E-state index contributed by atoms with van der Waals surface area (Å²) in [5.41, 5.74) is 0.921. The number of nitrogens with zero attached hydrogens (tertiary/aromatic N) is 4. The van der Waals surface area contributed by atoms with E-state index < -0.39 is 11.9 Å². The van der Waals surface area contributed by atoms with Gasteiger partial charge in [0.1, 0.15) is 6.54 Å². The molecule has 27 heavy (non-hydrogen) atoms. The van der Waals surface area contributed by atoms with Crippen LogP contribution in [0.3, 0.4) is 0 Å². The predicted octanol–water partition coefficient (Wildman–Crippen LogP) is 3.92. The molecule has 0 atom stereocenters. The molecule has 0 unspecified atom stereocenters. The summed E-state index contributed by atoms with van der Waals surface area (Å²) >= 11 is 1.05. The molecular weight excluding hydrogens is 377 g/mol. The number of benzene rings is 1. The van der Waals surface area contributed by atoms with Gasteiger partial charge in [0.2, 0.25) is 5.91 Å². The number of carbonyl (C=O) groups is 1. The minimum absolute atomic E-state index is 0.00766. The van der Waals surface area contributed by atoms with Crippen molar-refractivity contribution in [2.45, 2.75) is 31.5 Å². The van der Waals surface area contributed by atoms with E-state index in [2.05, 4.69) is 9.97 Å². The van der Waals surface area contributed by atoms with Gasteiger partial charge in [-0.05, 0) is 25.0 Å². The topological polar surface area (TPSA) is 51.0 Å². The lowest BCUT2D eigenvalue weighted by atomic mass is 9.97. The number of likely N-dealkylation sites (tertiary alicyclic amines) is 1. The van der Waals surface area contributed by atoms with Crippen molar-refractivity contribution in [1.82, 2.24) is 19.4 Å². The third-order valence-electron chi connectivity index (χ3n) is 4.84. The van der Waals surface area contributed by atoms with E-state index in [-0.39, 0.29) is 18.4 Å². The molecule has 5 nitrogen and oxygen atoms in total. The van der Waals surface area contributed by atoms with Gasteiger partial charge in [-0.3, -0.25) is 4.79 Å². The van der Waals surface area contributed by atoms with Crippen LogP contribution in [0.4, 0.5) is 13.2 Å². The third kappa shape index (κ3) is 3.69. The molecule has 1 aliphatic rings. The van der Waals surface area contributed by atoms with E-state index >= 15 is 0 Å². The number of halogens is 3. The molecule has 0 bridgehead atoms. The zero-order valence-electron chi connectivity index (χ0n) is 14.3. The van der Waals surface area contributed by atoms with Crippen LogP contribution in [-0.2, 0) is 17.5 Å². The van der Waals surface area contributed by atoms with Crippen LogP contribution in [0.2, 0.25) is 0 Å². The van der Waals surface area contributed by atoms with Crippen molar-refractivity contribution in [1.29, 1.82) is 0 Å². The molecule has 0 aliphatic carbocycles. The maximum absolute atomic E-state index is 12.7. The lowest BCUT2D eigenvalue weighted by molar-refractivity contribution is -0.140. The Morgan fingerprint density at radius 1 is 1.22 bits per heavy atom. The molecule has 1 saturated heterocycles. The average Bonchev–Trinajstić information content (AvgIpc) is 3.30. The lowest BCUT2D eigenvalue weighted by Gasteiger charge is -2.31. The van der Waals surface area contributed by atoms with E-state index in [1.54, 1.807) is 11.2 Å². The van der Waals surface area contributed by atoms with Gasteiger partial charge < -0.3 is 9.47 Å². The summed E-state index contributed by atoms with van der Waals surface area (Å²) in [5.74, 6) is -0.0315. The molecule has 1 amide bonds. The number of carbonyl (C=O) groups excluding carboxylic acids is 1. The first-order chi connectivity index (χ1) is 12.9. The highest BCUT2D eigenvalue weighted by Gasteiger charge is 2.35. The van der Waals surface area contributed by atoms with E-state index in [9.17, 15) is 18.0 Å². The van der Waals surface area contributed by atoms with Crippen molar-refractivity contribution in [2.75, 3.05) is 13.1 Å². The maximum Gasteiger partial charge on any atom is 0.434 e. The molecule has 0 spiro atoms. The molecular formula is C18H17F3N4OS. The molecule has 4 rings (SSSR count). The highest BCUT2D eigenvalue weighted by atomic mass is 32.1. The van der Waals surface area contributed by atoms with Crippen LogP contribution in [0.15, 0.2) is 36.0 Å². The molecule has 1 fully saturated rings. The summed E-state index contributed by atoms with van der Waals surface area (Å²) in [4.78, 5) is 22.4. The number of hydrogen-bond donors (Lipinski definition) is 0. The summed E-state index contributed by atoms with van der Waals surface area (Å²) in [6.45, 7) is 1.26. The van der Waals surface area contributed by atoms with Gasteiger partial charge in [0.25, 0.3) is 0 Å². The van der Waals surface area contributed by atoms with Crippen molar-refractivity contribution in [3.63, 3.8) is 0 Å². The maximum atomic E-state index is 12.7. The van der Waals surface area contributed by atoms with Crippen molar-refractivity contribution in [2.24, 2.45) is 0 Å². The normalized spacial score (nSPS) is 16.2. The molecule has 0 saturated carbocycles. The van der Waals surface area contributed by atoms with Crippen molar-refractivity contribution in [3.05, 3.63) is 46.7 Å². The first-order valence-electron chi connectivity index (χ1n) is 8.62. The summed E-state index contributed by atoms with van der Waals surface area (Å²) in [6.07, 6.45) is -1.50. The van der Waals surface area contributed by atoms with E-state index in [1.165, 1.54) is 0 Å². The Morgan fingerprint density at radius 2 is 1.96 bits per heavy atom. The number of para-hydroxylation sites is 2. The summed E-state index contributed by atoms with van der Waals surface area (Å²) in [5, 5.41) is 1.58. The number of hydrogen-bond acceptors (Lipinski definition) is 4. The summed E-state index contributed by atoms with van der Waals surface area (Å²) in [6, 6.07) is 7.61. The molecule has 9 heteroatoms. The van der Waals surface area contributed by atoms with E-state index in [1.807, 2.05) is 28.8 Å². The van der Waals surface area contributed by atoms with Gasteiger partial charge in [-0.15, -0.1) is 11.3 Å². The van der Waals surface area contributed by atoms with Crippen LogP contribution in [-0.4, -0.2) is 38.4 Å². The van der Waals surface area contributed by atoms with Crippen LogP contribution in [0.1, 0.15) is 29.5 Å². The largest absolute Gasteiger partial charge is 0.434 e. The quantitative estimate of drug-likeness (QED) is 0.677. The van der Waals surface area contributed by atoms with Crippen molar-refractivity contribution >= 4 is 28.3 Å². The van der Waals surface area contributed by atoms with Crippen LogP contribution in [0.5, 0.6) is 0 Å². The first kappa shape index (κ1) is 18.0. The zero-order chi connectivity index (χ0) is 19.0. The smallest absolute Gasteiger partial charge is 0.341 e. The van der Waals surface area contributed by atoms with Crippen molar-refractivity contribution in [3.8, 4) is 0 Å². The number of rotatable bonds is 3. The second-order valence-electron chi connectivity index (χ2n) is 6.58. The van der Waals surface area contributed by atoms with Gasteiger partial charge in [0, 0.05) is 24.4 Å². The summed E-state index contributed by atoms with van der Waals surface area (Å²) in [7, 11) is 0. The van der Waals surface area contributed by atoms with Crippen LogP contribution < -0.4 is 0 Å². The molecule has 3 aromatic rings. The van der Waals surface area contributed by atoms with Gasteiger partial charge in [-0.25, -0.2) is 9.97 Å². The van der Waals surface area contributed by atoms with Gasteiger partial charge in [-0.2, -0.15) is 13.2 Å². The average molecular weight is 394 g/mol. The molecule has 3 heterocycles. The van der Waals surface area contributed by atoms with Gasteiger partial charge in [-0.1, -0.05) is 12.1 Å². The number of alkyl halides is 3. The van der Waals surface area contributed by atoms with Gasteiger partial charge in [0.05, 0.1) is 22.4 Å². The Labute approximate surface area is 157 Å². The Hall–Kier alpha value is -2.42. The Kier molecular flexibility index (Phi) is 4.63. The number of aromatic nitrogens is 3. The predicted molar refractivity (Wildman–Crippen MR) is 95.4 cm³/mol. The minimum atomic E-state index is -4.40. The number of fused-ring (bicyclic) bond motifs is 1. The number of thiazole rings is 1. The van der Waals surface area contributed by atoms with Gasteiger partial charge in [0.15, 0.2) is 5.69 Å². The van der Waals surface area contributed by atoms with Gasteiger partial charge >= 0.3 is 6.18 Å². The number of amides is 1. The Bertz CT molecular complexity index is 957. The zero-order valence-corrected chi connectivity index (χ0v) is 15.1. The summed E-state index contributed by atoms with van der Waals surface area (Å²) < 4.78 is 40.0. The monoisotopic (exact) mass is 394 g/mol. The van der Waals surface area contributed by atoms with Crippen molar-refractivity contribution < 1.29 is 18.0 Å². The molecule has 1 aliphatic heterocycles. The number of imidazole rings is 1. The fourth-order valence-electron chi connectivity index (χ4n) is 3.36. The Morgan fingerprint density at radius 3 is 2.67 bits per heavy atom. The SMILES string of the molecule is O=C(Cn1cnc2ccccc21)N1CCC(c2nc(C(F)(F)F)cs2)CC1. The second kappa shape index (κ2) is 6.95. The van der Waals surface area contributed by atoms with Crippen LogP contribution >= 0.6 is 11.3 Å². The molecule has 142 valence electrons. The molecule has 2 aromatic heterocycles. The van der Waals surface area contributed by atoms with Crippen LogP contribution in [0, 0.1) is 0 Å². The fourth-order valence-corrected chi connectivity index (χ4v) is 4.36. The molecule has 0 N–H and O–H groups in total. The fraction of sp³-hybridized carbons (Fsp3) is 0.389. The lowest BCUT2D eigenvalue weighted by Crippen LogP contribution is -2.39. The molecule has 0 radical (unpaired) electrons. The van der Waals surface area contributed by atoms with E-state index in [0.717, 1.165) is 27.8 Å². The Balaban J connectivity index is 1.37. The second-order valence-corrected chi connectivity index (χ2v) is 7.47.